The molecular weight excluding hydrogens is 142 g/mol. The molecule has 0 aliphatic heterocycles. The second kappa shape index (κ2) is 5.92. The lowest BCUT2D eigenvalue weighted by Crippen LogP contribution is -2.08. The van der Waals surface area contributed by atoms with Crippen LogP contribution in [0.5, 0.6) is 0 Å². The van der Waals surface area contributed by atoms with Crippen LogP contribution in [0.4, 0.5) is 0 Å². The fraction of sp³-hybridized carbons (Fsp3) is 0.625. The Hall–Kier alpha value is -0.830. The van der Waals surface area contributed by atoms with Crippen molar-refractivity contribution in [1.82, 2.24) is 0 Å². The van der Waals surface area contributed by atoms with Gasteiger partial charge < -0.3 is 10.8 Å². The molecule has 3 heteroatoms. The first-order valence-electron chi connectivity index (χ1n) is 3.74. The highest BCUT2D eigenvalue weighted by Gasteiger charge is 1.90. The molecule has 1 amide bonds. The van der Waals surface area contributed by atoms with Crippen LogP contribution in [0.15, 0.2) is 12.2 Å². The number of primary amides is 1. The van der Waals surface area contributed by atoms with Gasteiger partial charge in [-0.25, -0.2) is 0 Å². The van der Waals surface area contributed by atoms with E-state index in [1.165, 1.54) is 0 Å². The second-order valence-corrected chi connectivity index (χ2v) is 2.56. The number of nitrogens with two attached hydrogens (primary N) is 1. The minimum Gasteiger partial charge on any atom is -0.393 e. The Bertz CT molecular complexity index is 141. The van der Waals surface area contributed by atoms with E-state index in [9.17, 15) is 4.79 Å². The fourth-order valence-corrected chi connectivity index (χ4v) is 0.637. The molecule has 0 saturated heterocycles. The Morgan fingerprint density at radius 1 is 1.64 bits per heavy atom. The summed E-state index contributed by atoms with van der Waals surface area (Å²) < 4.78 is 0. The molecule has 0 aromatic heterocycles. The molecule has 0 aromatic rings. The summed E-state index contributed by atoms with van der Waals surface area (Å²) >= 11 is 0. The van der Waals surface area contributed by atoms with Crippen LogP contribution in [-0.4, -0.2) is 17.1 Å². The monoisotopic (exact) mass is 157 g/mol. The van der Waals surface area contributed by atoms with Crippen molar-refractivity contribution in [2.24, 2.45) is 5.73 Å². The average molecular weight is 157 g/mol. The van der Waals surface area contributed by atoms with Crippen LogP contribution in [0.1, 0.15) is 26.2 Å². The van der Waals surface area contributed by atoms with Gasteiger partial charge in [-0.05, 0) is 19.8 Å². The third-order valence-electron chi connectivity index (χ3n) is 1.20. The van der Waals surface area contributed by atoms with E-state index >= 15 is 0 Å². The molecule has 0 aliphatic rings. The summed E-state index contributed by atoms with van der Waals surface area (Å²) in [5, 5.41) is 8.82. The Morgan fingerprint density at radius 2 is 2.27 bits per heavy atom. The highest BCUT2D eigenvalue weighted by molar-refractivity contribution is 5.73. The molecule has 64 valence electrons. The number of hydrogen-bond donors (Lipinski definition) is 2. The van der Waals surface area contributed by atoms with E-state index < -0.39 is 0 Å². The van der Waals surface area contributed by atoms with Crippen molar-refractivity contribution in [3.63, 3.8) is 0 Å². The lowest BCUT2D eigenvalue weighted by atomic mass is 10.2. The number of carbonyl (C=O) groups is 1. The molecule has 3 nitrogen and oxygen atoms in total. The van der Waals surface area contributed by atoms with Crippen molar-refractivity contribution in [1.29, 1.82) is 0 Å². The minimum absolute atomic E-state index is 0.285. The average Bonchev–Trinajstić information content (AvgIpc) is 1.85. The Labute approximate surface area is 66.9 Å². The predicted octanol–water partition coefficient (Wildman–Crippen LogP) is 0.579. The summed E-state index contributed by atoms with van der Waals surface area (Å²) in [7, 11) is 0. The second-order valence-electron chi connectivity index (χ2n) is 2.56. The van der Waals surface area contributed by atoms with Gasteiger partial charge in [0.15, 0.2) is 0 Å². The summed E-state index contributed by atoms with van der Waals surface area (Å²) in [6.45, 7) is 1.72. The van der Waals surface area contributed by atoms with E-state index in [0.29, 0.717) is 19.3 Å². The van der Waals surface area contributed by atoms with Gasteiger partial charge in [0.25, 0.3) is 0 Å². The first-order chi connectivity index (χ1) is 5.13. The molecule has 0 saturated carbocycles. The van der Waals surface area contributed by atoms with Gasteiger partial charge in [-0.15, -0.1) is 0 Å². The molecule has 0 heterocycles. The third-order valence-corrected chi connectivity index (χ3v) is 1.20. The predicted molar refractivity (Wildman–Crippen MR) is 43.9 cm³/mol. The van der Waals surface area contributed by atoms with Crippen molar-refractivity contribution in [3.05, 3.63) is 12.2 Å². The quantitative estimate of drug-likeness (QED) is 0.573. The van der Waals surface area contributed by atoms with Gasteiger partial charge in [-0.2, -0.15) is 0 Å². The number of hydrogen-bond acceptors (Lipinski definition) is 2. The molecule has 0 bridgehead atoms. The number of aliphatic hydroxyl groups excluding tert-OH is 1. The van der Waals surface area contributed by atoms with Crippen LogP contribution < -0.4 is 5.73 Å². The molecule has 0 radical (unpaired) electrons. The molecule has 0 spiro atoms. The Kier molecular flexibility index (Phi) is 5.47. The van der Waals surface area contributed by atoms with E-state index in [4.69, 9.17) is 10.8 Å². The van der Waals surface area contributed by atoms with Crippen molar-refractivity contribution in [3.8, 4) is 0 Å². The van der Waals surface area contributed by atoms with Crippen LogP contribution in [0.3, 0.4) is 0 Å². The molecule has 0 fully saturated rings. The van der Waals surface area contributed by atoms with Gasteiger partial charge in [0.05, 0.1) is 6.10 Å². The van der Waals surface area contributed by atoms with Crippen LogP contribution >= 0.6 is 0 Å². The minimum atomic E-state index is -0.306. The summed E-state index contributed by atoms with van der Waals surface area (Å²) in [6.07, 6.45) is 5.10. The van der Waals surface area contributed by atoms with E-state index in [-0.39, 0.29) is 12.0 Å². The highest BCUT2D eigenvalue weighted by atomic mass is 16.3. The molecule has 1 unspecified atom stereocenters. The van der Waals surface area contributed by atoms with Gasteiger partial charge >= 0.3 is 0 Å². The number of amides is 1. The SMILES string of the molecule is CC(O)C/C=C/CCC(N)=O. The first kappa shape index (κ1) is 10.2. The summed E-state index contributed by atoms with van der Waals surface area (Å²) in [4.78, 5) is 10.2. The van der Waals surface area contributed by atoms with Crippen LogP contribution in [0, 0.1) is 0 Å². The summed E-state index contributed by atoms with van der Waals surface area (Å²) in [5.41, 5.74) is 4.91. The van der Waals surface area contributed by atoms with E-state index in [2.05, 4.69) is 0 Å². The topological polar surface area (TPSA) is 63.3 Å². The van der Waals surface area contributed by atoms with Crippen LogP contribution in [0.25, 0.3) is 0 Å². The highest BCUT2D eigenvalue weighted by Crippen LogP contribution is 1.94. The summed E-state index contributed by atoms with van der Waals surface area (Å²) in [6, 6.07) is 0. The molecular formula is C8H15NO2. The van der Waals surface area contributed by atoms with E-state index in [1.807, 2.05) is 12.2 Å². The Morgan fingerprint density at radius 3 is 2.73 bits per heavy atom. The van der Waals surface area contributed by atoms with Crippen molar-refractivity contribution >= 4 is 5.91 Å². The van der Waals surface area contributed by atoms with Crippen molar-refractivity contribution in [2.45, 2.75) is 32.3 Å². The normalized spacial score (nSPS) is 13.6. The number of rotatable bonds is 5. The van der Waals surface area contributed by atoms with Gasteiger partial charge in [-0.1, -0.05) is 12.2 Å². The lowest BCUT2D eigenvalue weighted by Gasteiger charge is -1.95. The van der Waals surface area contributed by atoms with Crippen molar-refractivity contribution in [2.75, 3.05) is 0 Å². The number of allylic oxidation sites excluding steroid dienone is 1. The smallest absolute Gasteiger partial charge is 0.217 e. The first-order valence-corrected chi connectivity index (χ1v) is 3.74. The van der Waals surface area contributed by atoms with Gasteiger partial charge in [0.2, 0.25) is 5.91 Å². The zero-order valence-electron chi connectivity index (χ0n) is 6.79. The maximum Gasteiger partial charge on any atom is 0.217 e. The van der Waals surface area contributed by atoms with Crippen LogP contribution in [0.2, 0.25) is 0 Å². The third kappa shape index (κ3) is 9.17. The van der Waals surface area contributed by atoms with Crippen LogP contribution in [-0.2, 0) is 4.79 Å². The largest absolute Gasteiger partial charge is 0.393 e. The van der Waals surface area contributed by atoms with Gasteiger partial charge in [0.1, 0.15) is 0 Å². The maximum atomic E-state index is 10.2. The fourth-order valence-electron chi connectivity index (χ4n) is 0.637. The molecule has 0 aromatic carbocycles. The van der Waals surface area contributed by atoms with E-state index in [1.54, 1.807) is 6.92 Å². The maximum absolute atomic E-state index is 10.2. The van der Waals surface area contributed by atoms with E-state index in [0.717, 1.165) is 0 Å². The zero-order chi connectivity index (χ0) is 8.69. The van der Waals surface area contributed by atoms with Gasteiger partial charge in [-0.3, -0.25) is 4.79 Å². The molecule has 3 N–H and O–H groups in total. The van der Waals surface area contributed by atoms with Crippen molar-refractivity contribution < 1.29 is 9.90 Å². The summed E-state index contributed by atoms with van der Waals surface area (Å²) in [5.74, 6) is -0.285. The standard InChI is InChI=1S/C8H15NO2/c1-7(10)5-3-2-4-6-8(9)11/h2-3,7,10H,4-6H2,1H3,(H2,9,11)/b3-2+. The Balaban J connectivity index is 3.23. The molecule has 0 aliphatic carbocycles. The van der Waals surface area contributed by atoms with Gasteiger partial charge in [0, 0.05) is 6.42 Å². The number of carbonyl (C=O) groups excluding carboxylic acids is 1. The molecule has 11 heavy (non-hydrogen) atoms. The zero-order valence-corrected chi connectivity index (χ0v) is 6.79. The number of aliphatic hydroxyl groups is 1. The lowest BCUT2D eigenvalue weighted by molar-refractivity contribution is -0.117. The molecule has 0 rings (SSSR count). The molecule has 1 atom stereocenters.